The first-order valence-corrected chi connectivity index (χ1v) is 7.57. The van der Waals surface area contributed by atoms with Crippen LogP contribution in [0.4, 0.5) is 5.69 Å². The Morgan fingerprint density at radius 3 is 2.90 bits per heavy atom. The molecule has 1 amide bonds. The molecule has 3 N–H and O–H groups in total. The zero-order valence-corrected chi connectivity index (χ0v) is 12.5. The Bertz CT molecular complexity index is 677. The standard InChI is InChI=1S/C14H18N4OS/c1-18(2)17-13(19)12-11(15)9-7-8-5-3-4-6-10(8)16-14(9)20-12/h7H,3-6,15H2,1-2H3,(H,17,19). The van der Waals surface area contributed by atoms with Gasteiger partial charge in [-0.25, -0.2) is 9.99 Å². The number of hydrogen-bond donors (Lipinski definition) is 2. The minimum absolute atomic E-state index is 0.173. The van der Waals surface area contributed by atoms with Gasteiger partial charge in [0.1, 0.15) is 9.71 Å². The first-order chi connectivity index (χ1) is 9.56. The summed E-state index contributed by atoms with van der Waals surface area (Å²) in [6.45, 7) is 0. The summed E-state index contributed by atoms with van der Waals surface area (Å²) in [4.78, 5) is 18.2. The minimum atomic E-state index is -0.173. The Balaban J connectivity index is 2.07. The molecule has 3 rings (SSSR count). The average molecular weight is 290 g/mol. The summed E-state index contributed by atoms with van der Waals surface area (Å²) < 4.78 is 0. The van der Waals surface area contributed by atoms with E-state index in [1.165, 1.54) is 35.4 Å². The highest BCUT2D eigenvalue weighted by Crippen LogP contribution is 2.35. The van der Waals surface area contributed by atoms with Gasteiger partial charge in [-0.2, -0.15) is 0 Å². The molecular weight excluding hydrogens is 272 g/mol. The predicted molar refractivity (Wildman–Crippen MR) is 81.8 cm³/mol. The van der Waals surface area contributed by atoms with Crippen molar-refractivity contribution in [2.24, 2.45) is 0 Å². The third-order valence-corrected chi connectivity index (χ3v) is 4.64. The lowest BCUT2D eigenvalue weighted by molar-refractivity contribution is 0.0862. The summed E-state index contributed by atoms with van der Waals surface area (Å²) >= 11 is 1.37. The van der Waals surface area contributed by atoms with Gasteiger partial charge in [-0.15, -0.1) is 11.3 Å². The molecule has 106 valence electrons. The second-order valence-corrected chi connectivity index (χ2v) is 6.33. The highest BCUT2D eigenvalue weighted by molar-refractivity contribution is 7.21. The number of rotatable bonds is 2. The van der Waals surface area contributed by atoms with E-state index in [9.17, 15) is 4.79 Å². The second kappa shape index (κ2) is 5.03. The van der Waals surface area contributed by atoms with E-state index in [1.54, 1.807) is 19.1 Å². The van der Waals surface area contributed by atoms with Crippen LogP contribution < -0.4 is 11.2 Å². The number of anilines is 1. The minimum Gasteiger partial charge on any atom is -0.397 e. The van der Waals surface area contributed by atoms with Crippen molar-refractivity contribution >= 4 is 33.1 Å². The van der Waals surface area contributed by atoms with Gasteiger partial charge in [-0.05, 0) is 37.3 Å². The van der Waals surface area contributed by atoms with E-state index in [0.717, 1.165) is 23.1 Å². The molecule has 0 spiro atoms. The smallest absolute Gasteiger partial charge is 0.277 e. The van der Waals surface area contributed by atoms with E-state index in [2.05, 4.69) is 11.5 Å². The number of carbonyl (C=O) groups is 1. The highest BCUT2D eigenvalue weighted by atomic mass is 32.1. The number of thiophene rings is 1. The third-order valence-electron chi connectivity index (χ3n) is 3.53. The van der Waals surface area contributed by atoms with E-state index in [4.69, 9.17) is 10.7 Å². The van der Waals surface area contributed by atoms with Gasteiger partial charge < -0.3 is 5.73 Å². The molecule has 0 saturated carbocycles. The van der Waals surface area contributed by atoms with Crippen LogP contribution in [0, 0.1) is 0 Å². The molecule has 0 fully saturated rings. The van der Waals surface area contributed by atoms with E-state index in [-0.39, 0.29) is 5.91 Å². The summed E-state index contributed by atoms with van der Waals surface area (Å²) in [5.74, 6) is -0.173. The lowest BCUT2D eigenvalue weighted by Crippen LogP contribution is -2.35. The molecule has 2 aromatic heterocycles. The van der Waals surface area contributed by atoms with Crippen LogP contribution in [0.5, 0.6) is 0 Å². The average Bonchev–Trinajstić information content (AvgIpc) is 2.73. The van der Waals surface area contributed by atoms with Crippen LogP contribution in [0.3, 0.4) is 0 Å². The Morgan fingerprint density at radius 1 is 1.40 bits per heavy atom. The van der Waals surface area contributed by atoms with Crippen molar-refractivity contribution < 1.29 is 4.79 Å². The molecule has 0 aromatic carbocycles. The van der Waals surface area contributed by atoms with E-state index in [1.807, 2.05) is 0 Å². The Kier molecular flexibility index (Phi) is 3.35. The molecule has 20 heavy (non-hydrogen) atoms. The van der Waals surface area contributed by atoms with Gasteiger partial charge in [0.25, 0.3) is 5.91 Å². The van der Waals surface area contributed by atoms with Crippen LogP contribution in [-0.4, -0.2) is 30.0 Å². The first kappa shape index (κ1) is 13.3. The number of hydrogen-bond acceptors (Lipinski definition) is 5. The molecule has 2 aromatic rings. The molecular formula is C14H18N4OS. The number of aryl methyl sites for hydroxylation is 2. The molecule has 0 aliphatic heterocycles. The van der Waals surface area contributed by atoms with Gasteiger partial charge in [0.05, 0.1) is 5.69 Å². The van der Waals surface area contributed by atoms with Crippen molar-refractivity contribution in [1.82, 2.24) is 15.4 Å². The third kappa shape index (κ3) is 2.25. The maximum absolute atomic E-state index is 12.1. The van der Waals surface area contributed by atoms with E-state index < -0.39 is 0 Å². The number of fused-ring (bicyclic) bond motifs is 2. The van der Waals surface area contributed by atoms with E-state index >= 15 is 0 Å². The van der Waals surface area contributed by atoms with Gasteiger partial charge in [0.15, 0.2) is 0 Å². The van der Waals surface area contributed by atoms with Crippen molar-refractivity contribution in [3.8, 4) is 0 Å². The van der Waals surface area contributed by atoms with Crippen LogP contribution in [0.15, 0.2) is 6.07 Å². The number of aromatic nitrogens is 1. The monoisotopic (exact) mass is 290 g/mol. The number of nitrogen functional groups attached to an aromatic ring is 1. The van der Waals surface area contributed by atoms with Gasteiger partial charge in [0.2, 0.25) is 0 Å². The number of nitrogens with zero attached hydrogens (tertiary/aromatic N) is 2. The second-order valence-electron chi connectivity index (χ2n) is 5.33. The summed E-state index contributed by atoms with van der Waals surface area (Å²) in [6, 6.07) is 2.12. The maximum atomic E-state index is 12.1. The molecule has 0 atom stereocenters. The normalized spacial score (nSPS) is 14.6. The van der Waals surface area contributed by atoms with Crippen LogP contribution in [-0.2, 0) is 12.8 Å². The summed E-state index contributed by atoms with van der Waals surface area (Å²) in [5, 5.41) is 2.53. The van der Waals surface area contributed by atoms with Crippen molar-refractivity contribution in [2.45, 2.75) is 25.7 Å². The molecule has 1 aliphatic carbocycles. The van der Waals surface area contributed by atoms with Gasteiger partial charge in [-0.1, -0.05) is 0 Å². The molecule has 0 radical (unpaired) electrons. The lowest BCUT2D eigenvalue weighted by Gasteiger charge is -2.14. The van der Waals surface area contributed by atoms with Gasteiger partial charge >= 0.3 is 0 Å². The Hall–Kier alpha value is -1.66. The number of pyridine rings is 1. The number of nitrogens with two attached hydrogens (primary N) is 1. The molecule has 1 aliphatic rings. The summed E-state index contributed by atoms with van der Waals surface area (Å²) in [5.41, 5.74) is 11.9. The summed E-state index contributed by atoms with van der Waals surface area (Å²) in [7, 11) is 3.55. The van der Waals surface area contributed by atoms with Gasteiger partial charge in [0, 0.05) is 25.2 Å². The number of nitrogens with one attached hydrogen (secondary N) is 1. The molecule has 5 nitrogen and oxygen atoms in total. The van der Waals surface area contributed by atoms with Crippen LogP contribution in [0.1, 0.15) is 33.8 Å². The molecule has 2 heterocycles. The topological polar surface area (TPSA) is 71.2 Å². The van der Waals surface area contributed by atoms with E-state index in [0.29, 0.717) is 10.6 Å². The van der Waals surface area contributed by atoms with Crippen LogP contribution in [0.2, 0.25) is 0 Å². The van der Waals surface area contributed by atoms with Crippen LogP contribution >= 0.6 is 11.3 Å². The first-order valence-electron chi connectivity index (χ1n) is 6.75. The fourth-order valence-corrected chi connectivity index (χ4v) is 3.57. The quantitative estimate of drug-likeness (QED) is 0.830. The SMILES string of the molecule is CN(C)NC(=O)c1sc2nc3c(cc2c1N)CCCC3. The lowest BCUT2D eigenvalue weighted by atomic mass is 9.95. The fraction of sp³-hybridized carbons (Fsp3) is 0.429. The number of carbonyl (C=O) groups excluding carboxylic acids is 1. The molecule has 0 saturated heterocycles. The maximum Gasteiger partial charge on any atom is 0.277 e. The van der Waals surface area contributed by atoms with Crippen molar-refractivity contribution in [2.75, 3.05) is 19.8 Å². The zero-order valence-electron chi connectivity index (χ0n) is 11.7. The highest BCUT2D eigenvalue weighted by Gasteiger charge is 2.20. The largest absolute Gasteiger partial charge is 0.397 e. The Labute approximate surface area is 121 Å². The van der Waals surface area contributed by atoms with Crippen molar-refractivity contribution in [3.63, 3.8) is 0 Å². The summed E-state index contributed by atoms with van der Waals surface area (Å²) in [6.07, 6.45) is 4.49. The predicted octanol–water partition coefficient (Wildman–Crippen LogP) is 1.96. The molecule has 0 unspecified atom stereocenters. The Morgan fingerprint density at radius 2 is 2.15 bits per heavy atom. The zero-order chi connectivity index (χ0) is 14.3. The fourth-order valence-electron chi connectivity index (χ4n) is 2.58. The van der Waals surface area contributed by atoms with Crippen molar-refractivity contribution in [3.05, 3.63) is 22.2 Å². The molecule has 0 bridgehead atoms. The van der Waals surface area contributed by atoms with Crippen LogP contribution in [0.25, 0.3) is 10.2 Å². The van der Waals surface area contributed by atoms with Crippen molar-refractivity contribution in [1.29, 1.82) is 0 Å². The molecule has 6 heteroatoms. The number of amides is 1. The van der Waals surface area contributed by atoms with Gasteiger partial charge in [-0.3, -0.25) is 10.2 Å². The number of hydrazine groups is 1.